The summed E-state index contributed by atoms with van der Waals surface area (Å²) in [6.07, 6.45) is 12.5. The van der Waals surface area contributed by atoms with Crippen LogP contribution in [0.15, 0.2) is 86.1 Å². The van der Waals surface area contributed by atoms with Gasteiger partial charge in [-0.15, -0.1) is 0 Å². The van der Waals surface area contributed by atoms with E-state index in [-0.39, 0.29) is 51.5 Å². The third-order valence-electron chi connectivity index (χ3n) is 5.61. The highest BCUT2D eigenvalue weighted by Crippen LogP contribution is 2.21. The molecule has 0 aromatic carbocycles. The van der Waals surface area contributed by atoms with Crippen LogP contribution >= 0.6 is 0 Å². The van der Waals surface area contributed by atoms with E-state index in [4.69, 9.17) is 0 Å². The third kappa shape index (κ3) is 19.4. The number of pyridine rings is 3. The predicted molar refractivity (Wildman–Crippen MR) is 191 cm³/mol. The minimum absolute atomic E-state index is 0. The van der Waals surface area contributed by atoms with Crippen molar-refractivity contribution in [2.75, 3.05) is 0 Å². The molecule has 244 valence electrons. The molecule has 0 unspecified atom stereocenters. The first-order chi connectivity index (χ1) is 17.9. The zero-order chi connectivity index (χ0) is 29.7. The van der Waals surface area contributed by atoms with Gasteiger partial charge in [0.05, 0.1) is 5.54 Å². The summed E-state index contributed by atoms with van der Waals surface area (Å²) in [7, 11) is 0. The van der Waals surface area contributed by atoms with Crippen LogP contribution in [0, 0.1) is 0 Å². The number of hydrogen-bond donors (Lipinski definition) is 0. The highest BCUT2D eigenvalue weighted by atomic mass is 15.3. The van der Waals surface area contributed by atoms with Crippen molar-refractivity contribution in [1.82, 2.24) is 29.7 Å². The fourth-order valence-corrected chi connectivity index (χ4v) is 3.02. The molecular formula is C37H66N6. The Morgan fingerprint density at radius 3 is 1.33 bits per heavy atom. The molecule has 4 heterocycles. The lowest BCUT2D eigenvalue weighted by Gasteiger charge is -2.17. The van der Waals surface area contributed by atoms with Crippen LogP contribution < -0.4 is 0 Å². The molecule has 0 N–H and O–H groups in total. The summed E-state index contributed by atoms with van der Waals surface area (Å²) in [6.45, 7) is 25.9. The Morgan fingerprint density at radius 1 is 0.512 bits per heavy atom. The van der Waals surface area contributed by atoms with Crippen LogP contribution in [0.3, 0.4) is 0 Å². The molecule has 43 heavy (non-hydrogen) atoms. The molecule has 0 fully saturated rings. The van der Waals surface area contributed by atoms with E-state index in [1.165, 1.54) is 11.1 Å². The molecular weight excluding hydrogens is 528 g/mol. The quantitative estimate of drug-likeness (QED) is 0.202. The predicted octanol–water partition coefficient (Wildman–Crippen LogP) is 10.7. The molecule has 4 rings (SSSR count). The topological polar surface area (TPSA) is 69.4 Å². The Kier molecular flexibility index (Phi) is 22.2. The summed E-state index contributed by atoms with van der Waals surface area (Å²) < 4.78 is 1.83. The Labute approximate surface area is 266 Å². The van der Waals surface area contributed by atoms with Gasteiger partial charge >= 0.3 is 0 Å². The van der Waals surface area contributed by atoms with Crippen molar-refractivity contribution in [3.8, 4) is 0 Å². The molecule has 4 aromatic rings. The van der Waals surface area contributed by atoms with Crippen LogP contribution in [0.5, 0.6) is 0 Å². The molecule has 0 saturated heterocycles. The van der Waals surface area contributed by atoms with E-state index in [1.807, 2.05) is 47.7 Å². The van der Waals surface area contributed by atoms with Gasteiger partial charge in [0.1, 0.15) is 12.7 Å². The zero-order valence-electron chi connectivity index (χ0n) is 26.3. The number of aromatic nitrogens is 6. The minimum atomic E-state index is 0. The summed E-state index contributed by atoms with van der Waals surface area (Å²) >= 11 is 0. The van der Waals surface area contributed by atoms with Crippen LogP contribution in [0.1, 0.15) is 130 Å². The minimum Gasteiger partial charge on any atom is -0.265 e. The van der Waals surface area contributed by atoms with Gasteiger partial charge < -0.3 is 0 Å². The second-order valence-corrected chi connectivity index (χ2v) is 13.5. The Hall–Kier alpha value is -3.41. The largest absolute Gasteiger partial charge is 0.265 e. The molecule has 6 heteroatoms. The van der Waals surface area contributed by atoms with Gasteiger partial charge in [-0.2, -0.15) is 5.10 Å². The highest BCUT2D eigenvalue weighted by molar-refractivity contribution is 5.19. The maximum Gasteiger partial charge on any atom is 0.137 e. The van der Waals surface area contributed by atoms with Crippen molar-refractivity contribution >= 4 is 0 Å². The molecule has 0 amide bonds. The molecule has 0 aliphatic heterocycles. The first-order valence-corrected chi connectivity index (χ1v) is 13.5. The zero-order valence-corrected chi connectivity index (χ0v) is 26.3. The number of rotatable bonds is 0. The number of nitrogens with zero attached hydrogens (tertiary/aromatic N) is 6. The summed E-state index contributed by atoms with van der Waals surface area (Å²) in [5, 5.41) is 3.99. The molecule has 0 spiro atoms. The molecule has 0 aliphatic rings. The Bertz CT molecular complexity index is 1030. The van der Waals surface area contributed by atoms with Crippen LogP contribution in [0.4, 0.5) is 0 Å². The van der Waals surface area contributed by atoms with E-state index in [2.05, 4.69) is 132 Å². The van der Waals surface area contributed by atoms with E-state index in [9.17, 15) is 0 Å². The summed E-state index contributed by atoms with van der Waals surface area (Å²) in [6, 6.07) is 14.2. The van der Waals surface area contributed by atoms with Gasteiger partial charge in [0.25, 0.3) is 0 Å². The van der Waals surface area contributed by atoms with Crippen molar-refractivity contribution in [2.24, 2.45) is 0 Å². The third-order valence-corrected chi connectivity index (χ3v) is 5.61. The van der Waals surface area contributed by atoms with Gasteiger partial charge in [0.15, 0.2) is 0 Å². The van der Waals surface area contributed by atoms with Gasteiger partial charge in [-0.25, -0.2) is 9.67 Å². The van der Waals surface area contributed by atoms with Gasteiger partial charge in [-0.3, -0.25) is 15.0 Å². The van der Waals surface area contributed by atoms with Crippen LogP contribution in [-0.2, 0) is 21.8 Å². The van der Waals surface area contributed by atoms with Crippen molar-refractivity contribution in [3.05, 3.63) is 103 Å². The molecule has 0 radical (unpaired) electrons. The lowest BCUT2D eigenvalue weighted by atomic mass is 9.88. The maximum atomic E-state index is 4.25. The number of hydrogen-bond acceptors (Lipinski definition) is 5. The first kappa shape index (κ1) is 46.5. The van der Waals surface area contributed by atoms with E-state index >= 15 is 0 Å². The molecule has 0 aliphatic carbocycles. The second kappa shape index (κ2) is 20.5. The molecule has 0 saturated carbocycles. The van der Waals surface area contributed by atoms with Crippen LogP contribution in [0.25, 0.3) is 0 Å². The van der Waals surface area contributed by atoms with E-state index in [1.54, 1.807) is 18.9 Å². The molecule has 6 nitrogen and oxygen atoms in total. The van der Waals surface area contributed by atoms with E-state index in [0.717, 1.165) is 5.69 Å². The summed E-state index contributed by atoms with van der Waals surface area (Å²) in [4.78, 5) is 16.1. The lowest BCUT2D eigenvalue weighted by Crippen LogP contribution is -2.21. The van der Waals surface area contributed by atoms with E-state index in [0.29, 0.717) is 0 Å². The Balaban J connectivity index is -0.000000229. The average Bonchev–Trinajstić information content (AvgIpc) is 3.42. The van der Waals surface area contributed by atoms with E-state index < -0.39 is 0 Å². The molecule has 4 aromatic heterocycles. The van der Waals surface area contributed by atoms with Crippen LogP contribution in [0.2, 0.25) is 0 Å². The standard InChI is InChI=1S/3C9H13N.C6H11N3.4CH4/c1-9(2,3)8-4-6-10-7-5-8;1-9(2,3)8-5-4-6-10-7-8;1-9(2,3)8-6-4-5-7-10-8;1-6(2,3)9-5-7-4-8-9;;;;/h3*4-7H,1-3H3;4-5H,1-3H3;4*1H4. The van der Waals surface area contributed by atoms with Crippen molar-refractivity contribution in [3.63, 3.8) is 0 Å². The fraction of sp³-hybridized carbons (Fsp3) is 0.541. The maximum absolute atomic E-state index is 4.25. The monoisotopic (exact) mass is 595 g/mol. The van der Waals surface area contributed by atoms with Crippen LogP contribution in [-0.4, -0.2) is 29.7 Å². The summed E-state index contributed by atoms with van der Waals surface area (Å²) in [5.74, 6) is 0. The lowest BCUT2D eigenvalue weighted by molar-refractivity contribution is 0.354. The van der Waals surface area contributed by atoms with Gasteiger partial charge in [0, 0.05) is 42.1 Å². The van der Waals surface area contributed by atoms with Crippen molar-refractivity contribution in [1.29, 1.82) is 0 Å². The highest BCUT2D eigenvalue weighted by Gasteiger charge is 2.14. The fourth-order valence-electron chi connectivity index (χ4n) is 3.02. The second-order valence-electron chi connectivity index (χ2n) is 13.5. The smallest absolute Gasteiger partial charge is 0.137 e. The van der Waals surface area contributed by atoms with Crippen molar-refractivity contribution in [2.45, 2.75) is 135 Å². The van der Waals surface area contributed by atoms with Gasteiger partial charge in [0.2, 0.25) is 0 Å². The average molecular weight is 595 g/mol. The van der Waals surface area contributed by atoms with Gasteiger partial charge in [-0.05, 0) is 73.1 Å². The van der Waals surface area contributed by atoms with Gasteiger partial charge in [-0.1, -0.05) is 104 Å². The molecule has 0 bridgehead atoms. The Morgan fingerprint density at radius 2 is 1.07 bits per heavy atom. The summed E-state index contributed by atoms with van der Waals surface area (Å²) in [5.41, 5.74) is 4.50. The SMILES string of the molecule is C.C.C.C.CC(C)(C)c1ccccn1.CC(C)(C)c1cccnc1.CC(C)(C)c1ccncc1.CC(C)(C)n1cncn1. The normalized spacial score (nSPS) is 10.5. The van der Waals surface area contributed by atoms with Crippen molar-refractivity contribution < 1.29 is 0 Å². The molecule has 0 atom stereocenters. The first-order valence-electron chi connectivity index (χ1n) is 13.5.